The molecule has 5 nitrogen and oxygen atoms in total. The van der Waals surface area contributed by atoms with Crippen molar-refractivity contribution in [2.75, 3.05) is 13.1 Å². The summed E-state index contributed by atoms with van der Waals surface area (Å²) in [7, 11) is 0. The van der Waals surface area contributed by atoms with Crippen molar-refractivity contribution < 1.29 is 9.32 Å². The molecule has 25 heavy (non-hydrogen) atoms. The maximum Gasteiger partial charge on any atom is 0.231 e. The highest BCUT2D eigenvalue weighted by molar-refractivity contribution is 5.76. The summed E-state index contributed by atoms with van der Waals surface area (Å²) < 4.78 is 5.53. The monoisotopic (exact) mass is 341 g/mol. The predicted molar refractivity (Wildman–Crippen MR) is 97.3 cm³/mol. The quantitative estimate of drug-likeness (QED) is 0.810. The third-order valence-corrected chi connectivity index (χ3v) is 4.86. The lowest BCUT2D eigenvalue weighted by molar-refractivity contribution is -0.132. The Balaban J connectivity index is 1.71. The number of carbonyl (C=O) groups excluding carboxylic acids is 1. The van der Waals surface area contributed by atoms with Gasteiger partial charge in [-0.3, -0.25) is 4.79 Å². The van der Waals surface area contributed by atoms with Crippen LogP contribution >= 0.6 is 0 Å². The van der Waals surface area contributed by atoms with Gasteiger partial charge in [0, 0.05) is 25.1 Å². The molecule has 0 aliphatic carbocycles. The topological polar surface area (TPSA) is 59.2 Å². The van der Waals surface area contributed by atoms with Gasteiger partial charge in [0.25, 0.3) is 0 Å². The summed E-state index contributed by atoms with van der Waals surface area (Å²) in [4.78, 5) is 18.7. The number of piperidine rings is 1. The lowest BCUT2D eigenvalue weighted by Gasteiger charge is -2.31. The average Bonchev–Trinajstić information content (AvgIpc) is 3.12. The van der Waals surface area contributed by atoms with E-state index in [2.05, 4.69) is 36.1 Å². The highest BCUT2D eigenvalue weighted by atomic mass is 16.5. The van der Waals surface area contributed by atoms with E-state index in [4.69, 9.17) is 4.52 Å². The fourth-order valence-electron chi connectivity index (χ4n) is 3.31. The zero-order valence-electron chi connectivity index (χ0n) is 15.4. The molecule has 0 bridgehead atoms. The third-order valence-electron chi connectivity index (χ3n) is 4.86. The van der Waals surface area contributed by atoms with Gasteiger partial charge >= 0.3 is 0 Å². The van der Waals surface area contributed by atoms with Gasteiger partial charge in [0.05, 0.1) is 5.92 Å². The van der Waals surface area contributed by atoms with Crippen LogP contribution in [0.15, 0.2) is 28.8 Å². The summed E-state index contributed by atoms with van der Waals surface area (Å²) >= 11 is 0. The molecule has 1 atom stereocenters. The SMILES string of the molecule is CCCC(=O)N1CCCC(c2nc(-c3ccc(C(C)C)cc3)no2)C1. The molecule has 1 aliphatic rings. The van der Waals surface area contributed by atoms with Crippen molar-refractivity contribution in [1.82, 2.24) is 15.0 Å². The van der Waals surface area contributed by atoms with Crippen LogP contribution in [0.1, 0.15) is 69.7 Å². The van der Waals surface area contributed by atoms with Crippen LogP contribution in [0, 0.1) is 0 Å². The van der Waals surface area contributed by atoms with Crippen molar-refractivity contribution in [3.05, 3.63) is 35.7 Å². The Labute approximate surface area is 149 Å². The molecule has 1 aromatic carbocycles. The van der Waals surface area contributed by atoms with Crippen LogP contribution < -0.4 is 0 Å². The van der Waals surface area contributed by atoms with Crippen LogP contribution in [0.5, 0.6) is 0 Å². The van der Waals surface area contributed by atoms with Crippen LogP contribution in [0.4, 0.5) is 0 Å². The Morgan fingerprint density at radius 1 is 1.32 bits per heavy atom. The fourth-order valence-corrected chi connectivity index (χ4v) is 3.31. The van der Waals surface area contributed by atoms with Crippen LogP contribution in [-0.4, -0.2) is 34.0 Å². The average molecular weight is 341 g/mol. The number of benzene rings is 1. The number of nitrogens with zero attached hydrogens (tertiary/aromatic N) is 3. The van der Waals surface area contributed by atoms with Crippen molar-refractivity contribution in [1.29, 1.82) is 0 Å². The number of aromatic nitrogens is 2. The minimum absolute atomic E-state index is 0.144. The van der Waals surface area contributed by atoms with E-state index in [0.717, 1.165) is 31.4 Å². The summed E-state index contributed by atoms with van der Waals surface area (Å²) in [5.41, 5.74) is 2.26. The second-order valence-corrected chi connectivity index (χ2v) is 7.16. The van der Waals surface area contributed by atoms with E-state index in [-0.39, 0.29) is 11.8 Å². The number of hydrogen-bond donors (Lipinski definition) is 0. The van der Waals surface area contributed by atoms with E-state index < -0.39 is 0 Å². The molecule has 1 fully saturated rings. The maximum absolute atomic E-state index is 12.1. The molecule has 1 saturated heterocycles. The molecule has 3 rings (SSSR count). The first kappa shape index (κ1) is 17.6. The molecular formula is C20H27N3O2. The van der Waals surface area contributed by atoms with Crippen molar-refractivity contribution in [2.24, 2.45) is 0 Å². The van der Waals surface area contributed by atoms with Crippen LogP contribution in [0.3, 0.4) is 0 Å². The Bertz CT molecular complexity index is 706. The Morgan fingerprint density at radius 3 is 2.76 bits per heavy atom. The summed E-state index contributed by atoms with van der Waals surface area (Å²) in [5.74, 6) is 2.16. The summed E-state index contributed by atoms with van der Waals surface area (Å²) in [6.07, 6.45) is 3.48. The second-order valence-electron chi connectivity index (χ2n) is 7.16. The number of carbonyl (C=O) groups is 1. The summed E-state index contributed by atoms with van der Waals surface area (Å²) in [6.45, 7) is 7.92. The van der Waals surface area contributed by atoms with Gasteiger partial charge in [-0.15, -0.1) is 0 Å². The molecular weight excluding hydrogens is 314 g/mol. The first-order chi connectivity index (χ1) is 12.1. The highest BCUT2D eigenvalue weighted by Crippen LogP contribution is 2.28. The number of rotatable bonds is 5. The molecule has 0 spiro atoms. The Kier molecular flexibility index (Phi) is 5.51. The molecule has 0 N–H and O–H groups in total. The number of likely N-dealkylation sites (tertiary alicyclic amines) is 1. The van der Waals surface area contributed by atoms with Gasteiger partial charge in [-0.2, -0.15) is 4.98 Å². The van der Waals surface area contributed by atoms with Gasteiger partial charge in [0.2, 0.25) is 17.6 Å². The summed E-state index contributed by atoms with van der Waals surface area (Å²) in [5, 5.41) is 4.15. The lowest BCUT2D eigenvalue weighted by Crippen LogP contribution is -2.39. The molecule has 1 aliphatic heterocycles. The van der Waals surface area contributed by atoms with Gasteiger partial charge in [-0.25, -0.2) is 0 Å². The lowest BCUT2D eigenvalue weighted by atomic mass is 9.97. The van der Waals surface area contributed by atoms with Crippen molar-refractivity contribution in [3.8, 4) is 11.4 Å². The number of hydrogen-bond acceptors (Lipinski definition) is 4. The van der Waals surface area contributed by atoms with Gasteiger partial charge < -0.3 is 9.42 Å². The zero-order valence-corrected chi connectivity index (χ0v) is 15.4. The predicted octanol–water partition coefficient (Wildman–Crippen LogP) is 4.37. The molecule has 2 heterocycles. The zero-order chi connectivity index (χ0) is 17.8. The smallest absolute Gasteiger partial charge is 0.231 e. The molecule has 0 saturated carbocycles. The minimum atomic E-state index is 0.144. The highest BCUT2D eigenvalue weighted by Gasteiger charge is 2.28. The molecule has 1 aromatic heterocycles. The molecule has 5 heteroatoms. The van der Waals surface area contributed by atoms with Crippen LogP contribution in [-0.2, 0) is 4.79 Å². The van der Waals surface area contributed by atoms with Crippen LogP contribution in [0.2, 0.25) is 0 Å². The number of amides is 1. The van der Waals surface area contributed by atoms with E-state index in [1.165, 1.54) is 5.56 Å². The van der Waals surface area contributed by atoms with E-state index in [1.807, 2.05) is 24.0 Å². The molecule has 0 radical (unpaired) electrons. The van der Waals surface area contributed by atoms with E-state index in [0.29, 0.717) is 30.6 Å². The van der Waals surface area contributed by atoms with Crippen molar-refractivity contribution >= 4 is 5.91 Å². The van der Waals surface area contributed by atoms with Gasteiger partial charge in [0.1, 0.15) is 0 Å². The van der Waals surface area contributed by atoms with Gasteiger partial charge in [-0.05, 0) is 30.7 Å². The van der Waals surface area contributed by atoms with Gasteiger partial charge in [-0.1, -0.05) is 50.2 Å². The molecule has 2 aromatic rings. The first-order valence-electron chi connectivity index (χ1n) is 9.30. The Morgan fingerprint density at radius 2 is 2.08 bits per heavy atom. The first-order valence-corrected chi connectivity index (χ1v) is 9.30. The maximum atomic E-state index is 12.1. The second kappa shape index (κ2) is 7.81. The van der Waals surface area contributed by atoms with E-state index in [1.54, 1.807) is 0 Å². The Hall–Kier alpha value is -2.17. The largest absolute Gasteiger partial charge is 0.342 e. The normalized spacial score (nSPS) is 17.9. The van der Waals surface area contributed by atoms with E-state index in [9.17, 15) is 4.79 Å². The molecule has 134 valence electrons. The standard InChI is InChI=1S/C20H27N3O2/c1-4-6-18(24)23-12-5-7-17(13-23)20-21-19(22-25-20)16-10-8-15(9-11-16)14(2)3/h8-11,14,17H,4-7,12-13H2,1-3H3. The van der Waals surface area contributed by atoms with Gasteiger partial charge in [0.15, 0.2) is 0 Å². The van der Waals surface area contributed by atoms with E-state index >= 15 is 0 Å². The third kappa shape index (κ3) is 4.09. The fraction of sp³-hybridized carbons (Fsp3) is 0.550. The van der Waals surface area contributed by atoms with Crippen molar-refractivity contribution in [3.63, 3.8) is 0 Å². The minimum Gasteiger partial charge on any atom is -0.342 e. The molecule has 1 unspecified atom stereocenters. The summed E-state index contributed by atoms with van der Waals surface area (Å²) in [6, 6.07) is 8.31. The van der Waals surface area contributed by atoms with Crippen molar-refractivity contribution in [2.45, 2.75) is 58.3 Å². The molecule has 1 amide bonds. The van der Waals surface area contributed by atoms with Crippen LogP contribution in [0.25, 0.3) is 11.4 Å².